The quantitative estimate of drug-likeness (QED) is 0.480. The lowest BCUT2D eigenvalue weighted by Crippen LogP contribution is -2.41. The van der Waals surface area contributed by atoms with Gasteiger partial charge >= 0.3 is 0 Å². The van der Waals surface area contributed by atoms with E-state index in [1.165, 1.54) is 12.8 Å². The molecule has 138 valence electrons. The molecule has 0 fully saturated rings. The second kappa shape index (κ2) is 11.9. The zero-order valence-electron chi connectivity index (χ0n) is 16.1. The number of aromatic nitrogens is 1. The molecule has 6 heteroatoms. The number of rotatable bonds is 11. The molecule has 24 heavy (non-hydrogen) atoms. The summed E-state index contributed by atoms with van der Waals surface area (Å²) in [5, 5.41) is 10.9. The van der Waals surface area contributed by atoms with Crippen LogP contribution in [0.3, 0.4) is 0 Å². The average Bonchev–Trinajstić information content (AvgIpc) is 2.99. The molecule has 0 saturated heterocycles. The first-order valence-corrected chi connectivity index (χ1v) is 9.33. The van der Waals surface area contributed by atoms with Crippen LogP contribution in [0.15, 0.2) is 9.52 Å². The van der Waals surface area contributed by atoms with Crippen molar-refractivity contribution in [2.45, 2.75) is 59.9 Å². The third kappa shape index (κ3) is 6.91. The van der Waals surface area contributed by atoms with Gasteiger partial charge in [-0.1, -0.05) is 32.3 Å². The molecule has 0 radical (unpaired) electrons. The van der Waals surface area contributed by atoms with Crippen LogP contribution in [0.25, 0.3) is 0 Å². The van der Waals surface area contributed by atoms with Gasteiger partial charge in [0.2, 0.25) is 0 Å². The Bertz CT molecular complexity index is 462. The van der Waals surface area contributed by atoms with Crippen LogP contribution >= 0.6 is 0 Å². The highest BCUT2D eigenvalue weighted by atomic mass is 16.5. The molecule has 6 nitrogen and oxygen atoms in total. The summed E-state index contributed by atoms with van der Waals surface area (Å²) >= 11 is 0. The minimum Gasteiger partial charge on any atom is -0.361 e. The maximum absolute atomic E-state index is 5.41. The maximum atomic E-state index is 5.41. The summed E-state index contributed by atoms with van der Waals surface area (Å²) in [5.74, 6) is 1.80. The number of unbranched alkanes of at least 4 members (excludes halogenated alkanes) is 1. The van der Waals surface area contributed by atoms with Crippen LogP contribution in [0.2, 0.25) is 0 Å². The van der Waals surface area contributed by atoms with E-state index >= 15 is 0 Å². The molecular formula is C18H35N5O. The van der Waals surface area contributed by atoms with Crippen molar-refractivity contribution in [3.63, 3.8) is 0 Å². The zero-order valence-corrected chi connectivity index (χ0v) is 16.1. The summed E-state index contributed by atoms with van der Waals surface area (Å²) in [6, 6.07) is 0. The highest BCUT2D eigenvalue weighted by Crippen LogP contribution is 2.16. The molecule has 1 aromatic rings. The van der Waals surface area contributed by atoms with Gasteiger partial charge in [-0.15, -0.1) is 0 Å². The van der Waals surface area contributed by atoms with Crippen LogP contribution in [0, 0.1) is 0 Å². The first-order chi connectivity index (χ1) is 11.7. The van der Waals surface area contributed by atoms with E-state index in [1.807, 2.05) is 0 Å². The molecule has 0 atom stereocenters. The predicted octanol–water partition coefficient (Wildman–Crippen LogP) is 2.59. The first-order valence-electron chi connectivity index (χ1n) is 9.33. The number of guanidine groups is 1. The third-order valence-corrected chi connectivity index (χ3v) is 4.03. The van der Waals surface area contributed by atoms with Crippen LogP contribution in [-0.2, 0) is 19.4 Å². The van der Waals surface area contributed by atoms with Gasteiger partial charge in [0, 0.05) is 31.6 Å². The molecule has 0 aromatic carbocycles. The molecule has 1 rings (SSSR count). The lowest BCUT2D eigenvalue weighted by molar-refractivity contribution is 0.332. The molecule has 0 spiro atoms. The second-order valence-corrected chi connectivity index (χ2v) is 6.02. The molecule has 0 saturated carbocycles. The van der Waals surface area contributed by atoms with Gasteiger partial charge in [-0.05, 0) is 33.4 Å². The van der Waals surface area contributed by atoms with Gasteiger partial charge in [-0.3, -0.25) is 0 Å². The van der Waals surface area contributed by atoms with E-state index in [0.29, 0.717) is 6.54 Å². The summed E-state index contributed by atoms with van der Waals surface area (Å²) in [4.78, 5) is 7.06. The fourth-order valence-corrected chi connectivity index (χ4v) is 2.52. The number of likely N-dealkylation sites (N-methyl/N-ethyl adjacent to an activating group) is 1. The van der Waals surface area contributed by atoms with Crippen LogP contribution < -0.4 is 10.6 Å². The molecular weight excluding hydrogens is 302 g/mol. The summed E-state index contributed by atoms with van der Waals surface area (Å²) in [7, 11) is 2.17. The molecule has 0 bridgehead atoms. The molecule has 0 aliphatic carbocycles. The van der Waals surface area contributed by atoms with E-state index < -0.39 is 0 Å². The summed E-state index contributed by atoms with van der Waals surface area (Å²) in [5.41, 5.74) is 2.16. The Balaban J connectivity index is 2.58. The Kier molecular flexibility index (Phi) is 10.2. The lowest BCUT2D eigenvalue weighted by Gasteiger charge is -2.17. The lowest BCUT2D eigenvalue weighted by atomic mass is 10.1. The number of aryl methyl sites for hydroxylation is 2. The smallest absolute Gasteiger partial charge is 0.191 e. The van der Waals surface area contributed by atoms with Gasteiger partial charge in [0.15, 0.2) is 5.96 Å². The van der Waals surface area contributed by atoms with Crippen LogP contribution in [0.1, 0.15) is 57.6 Å². The third-order valence-electron chi connectivity index (χ3n) is 4.03. The predicted molar refractivity (Wildman–Crippen MR) is 100 cm³/mol. The van der Waals surface area contributed by atoms with Crippen molar-refractivity contribution in [2.75, 3.05) is 33.2 Å². The second-order valence-electron chi connectivity index (χ2n) is 6.02. The van der Waals surface area contributed by atoms with Gasteiger partial charge in [-0.2, -0.15) is 0 Å². The molecule has 2 N–H and O–H groups in total. The van der Waals surface area contributed by atoms with Crippen molar-refractivity contribution in [3.05, 3.63) is 17.0 Å². The molecule has 0 amide bonds. The van der Waals surface area contributed by atoms with Gasteiger partial charge in [0.05, 0.1) is 12.2 Å². The Morgan fingerprint density at radius 2 is 1.92 bits per heavy atom. The Labute approximate surface area is 147 Å². The highest BCUT2D eigenvalue weighted by molar-refractivity contribution is 5.79. The van der Waals surface area contributed by atoms with Crippen molar-refractivity contribution >= 4 is 5.96 Å². The zero-order chi connectivity index (χ0) is 17.8. The SMILES string of the molecule is CCCCN(C)CCNC(=NCc1c(CC)noc1CC)NCC. The van der Waals surface area contributed by atoms with Crippen molar-refractivity contribution < 1.29 is 4.52 Å². The van der Waals surface area contributed by atoms with Gasteiger partial charge in [0.25, 0.3) is 0 Å². The fraction of sp³-hybridized carbons (Fsp3) is 0.778. The Morgan fingerprint density at radius 3 is 2.54 bits per heavy atom. The van der Waals surface area contributed by atoms with E-state index in [4.69, 9.17) is 9.52 Å². The monoisotopic (exact) mass is 337 g/mol. The van der Waals surface area contributed by atoms with E-state index in [0.717, 1.165) is 62.0 Å². The minimum atomic E-state index is 0.608. The van der Waals surface area contributed by atoms with Crippen molar-refractivity contribution in [1.82, 2.24) is 20.7 Å². The average molecular weight is 338 g/mol. The topological polar surface area (TPSA) is 65.7 Å². The van der Waals surface area contributed by atoms with Crippen molar-refractivity contribution in [1.29, 1.82) is 0 Å². The Morgan fingerprint density at radius 1 is 1.12 bits per heavy atom. The summed E-state index contributed by atoms with van der Waals surface area (Å²) in [6.45, 7) is 13.0. The number of nitrogens with one attached hydrogen (secondary N) is 2. The van der Waals surface area contributed by atoms with E-state index in [2.05, 4.69) is 55.4 Å². The molecule has 1 heterocycles. The fourth-order valence-electron chi connectivity index (χ4n) is 2.52. The Hall–Kier alpha value is -1.56. The van der Waals surface area contributed by atoms with Gasteiger partial charge in [-0.25, -0.2) is 4.99 Å². The van der Waals surface area contributed by atoms with Crippen LogP contribution in [0.4, 0.5) is 0 Å². The van der Waals surface area contributed by atoms with E-state index in [1.54, 1.807) is 0 Å². The van der Waals surface area contributed by atoms with E-state index in [-0.39, 0.29) is 0 Å². The van der Waals surface area contributed by atoms with Crippen molar-refractivity contribution in [3.8, 4) is 0 Å². The first kappa shape index (κ1) is 20.5. The van der Waals surface area contributed by atoms with E-state index in [9.17, 15) is 0 Å². The molecule has 0 aliphatic heterocycles. The summed E-state index contributed by atoms with van der Waals surface area (Å²) in [6.07, 6.45) is 4.21. The van der Waals surface area contributed by atoms with Gasteiger partial charge in [0.1, 0.15) is 5.76 Å². The standard InChI is InChI=1S/C18H35N5O/c1-6-10-12-23(5)13-11-20-18(19-9-4)21-14-15-16(7-2)22-24-17(15)8-3/h6-14H2,1-5H3,(H2,19,20,21). The van der Waals surface area contributed by atoms with Gasteiger partial charge < -0.3 is 20.1 Å². The number of hydrogen-bond acceptors (Lipinski definition) is 4. The van der Waals surface area contributed by atoms with Crippen LogP contribution in [-0.4, -0.2) is 49.2 Å². The minimum absolute atomic E-state index is 0.608. The molecule has 1 aromatic heterocycles. The number of nitrogens with zero attached hydrogens (tertiary/aromatic N) is 3. The largest absolute Gasteiger partial charge is 0.361 e. The number of aliphatic imine (C=N–C) groups is 1. The highest BCUT2D eigenvalue weighted by Gasteiger charge is 2.13. The molecule has 0 unspecified atom stereocenters. The molecule has 0 aliphatic rings. The number of hydrogen-bond donors (Lipinski definition) is 2. The summed E-state index contributed by atoms with van der Waals surface area (Å²) < 4.78 is 5.41. The normalized spacial score (nSPS) is 12.0. The van der Waals surface area contributed by atoms with Crippen molar-refractivity contribution in [2.24, 2.45) is 4.99 Å². The maximum Gasteiger partial charge on any atom is 0.191 e. The van der Waals surface area contributed by atoms with Crippen LogP contribution in [0.5, 0.6) is 0 Å².